The molecule has 0 aromatic rings. The van der Waals surface area contributed by atoms with Crippen LogP contribution in [0.2, 0.25) is 0 Å². The Morgan fingerprint density at radius 2 is 0.757 bits per heavy atom. The lowest BCUT2D eigenvalue weighted by Crippen LogP contribution is -2.30. The van der Waals surface area contributed by atoms with Crippen LogP contribution in [-0.2, 0) is 42.2 Å². The van der Waals surface area contributed by atoms with Crippen LogP contribution in [0, 0.1) is 0 Å². The summed E-state index contributed by atoms with van der Waals surface area (Å²) in [6.45, 7) is 4.40. The van der Waals surface area contributed by atoms with E-state index in [0.717, 1.165) is 128 Å². The van der Waals surface area contributed by atoms with E-state index in [4.69, 9.17) is 23.3 Å². The molecular formula is C58H99O11P. The van der Waals surface area contributed by atoms with Gasteiger partial charge in [0.2, 0.25) is 0 Å². The van der Waals surface area contributed by atoms with Crippen molar-refractivity contribution in [2.24, 2.45) is 0 Å². The SMILES string of the molecule is CC/C=C\C/C=C\C/C=C\C/C=C\C/C=C\CCCCCC(=O)OC(COC(=O)CCCCCCC/C=C\CCCC)COP(=O)(O)OCC(CO)OC(=O)CCCCCCC/C=C\CCCCCC. The van der Waals surface area contributed by atoms with Gasteiger partial charge in [0.15, 0.2) is 6.10 Å². The topological polar surface area (TPSA) is 155 Å². The lowest BCUT2D eigenvalue weighted by atomic mass is 10.1. The monoisotopic (exact) mass is 1000 g/mol. The van der Waals surface area contributed by atoms with E-state index in [1.165, 1.54) is 38.5 Å². The van der Waals surface area contributed by atoms with Crippen molar-refractivity contribution < 1.29 is 52.2 Å². The van der Waals surface area contributed by atoms with Gasteiger partial charge in [-0.15, -0.1) is 0 Å². The van der Waals surface area contributed by atoms with Crippen LogP contribution in [0.25, 0.3) is 0 Å². The van der Waals surface area contributed by atoms with E-state index in [2.05, 4.69) is 106 Å². The molecule has 0 saturated heterocycles. The third kappa shape index (κ3) is 49.6. The molecule has 3 atom stereocenters. The molecule has 3 unspecified atom stereocenters. The fourth-order valence-corrected chi connectivity index (χ4v) is 7.85. The standard InChI is InChI=1S/C58H99O11P/c1-4-7-10-13-16-19-22-24-25-26-27-28-29-31-34-37-40-43-46-49-58(62)69-55(51-65-56(60)47-44-41-38-35-32-21-18-15-12-9-6-3)53-67-70(63,64)66-52-54(50-59)68-57(61)48-45-42-39-36-33-30-23-20-17-14-11-8-5-2/h7,10,15-16,18-20,23-25,27-28,31,34,54-55,59H,4-6,8-9,11-14,17,21-22,26,29-30,32-33,35-53H2,1-3H3,(H,63,64)/b10-7-,18-15-,19-16-,23-20-,25-24-,28-27-,34-31-. The second-order valence-electron chi connectivity index (χ2n) is 18.0. The number of hydrogen-bond acceptors (Lipinski definition) is 10. The molecule has 0 rings (SSSR count). The van der Waals surface area contributed by atoms with E-state index in [-0.39, 0.29) is 25.9 Å². The van der Waals surface area contributed by atoms with E-state index in [1.54, 1.807) is 0 Å². The Balaban J connectivity index is 4.79. The summed E-state index contributed by atoms with van der Waals surface area (Å²) in [6.07, 6.45) is 58.3. The molecule has 0 saturated carbocycles. The zero-order chi connectivity index (χ0) is 51.3. The summed E-state index contributed by atoms with van der Waals surface area (Å²) in [4.78, 5) is 48.4. The van der Waals surface area contributed by atoms with Crippen molar-refractivity contribution in [2.75, 3.05) is 26.4 Å². The highest BCUT2D eigenvalue weighted by Gasteiger charge is 2.28. The fraction of sp³-hybridized carbons (Fsp3) is 0.707. The van der Waals surface area contributed by atoms with Crippen LogP contribution in [0.5, 0.6) is 0 Å². The van der Waals surface area contributed by atoms with E-state index in [9.17, 15) is 28.9 Å². The molecule has 12 heteroatoms. The van der Waals surface area contributed by atoms with Crippen LogP contribution in [0.1, 0.15) is 226 Å². The molecule has 0 aliphatic rings. The summed E-state index contributed by atoms with van der Waals surface area (Å²) in [5.41, 5.74) is 0. The first-order chi connectivity index (χ1) is 34.2. The Bertz CT molecular complexity index is 1500. The number of carbonyl (C=O) groups excluding carboxylic acids is 3. The number of hydrogen-bond donors (Lipinski definition) is 2. The molecular weight excluding hydrogens is 904 g/mol. The van der Waals surface area contributed by atoms with Crippen molar-refractivity contribution in [2.45, 2.75) is 238 Å². The van der Waals surface area contributed by atoms with Gasteiger partial charge in [0.1, 0.15) is 12.7 Å². The van der Waals surface area contributed by atoms with Gasteiger partial charge in [-0.2, -0.15) is 0 Å². The maximum absolute atomic E-state index is 12.9. The number of unbranched alkanes of at least 4 members (excludes halogenated alkanes) is 19. The zero-order valence-corrected chi connectivity index (χ0v) is 45.1. The minimum Gasteiger partial charge on any atom is -0.462 e. The van der Waals surface area contributed by atoms with Crippen molar-refractivity contribution >= 4 is 25.7 Å². The van der Waals surface area contributed by atoms with Gasteiger partial charge in [-0.05, 0) is 109 Å². The fourth-order valence-electron chi connectivity index (χ4n) is 7.06. The first-order valence-corrected chi connectivity index (χ1v) is 29.0. The second kappa shape index (κ2) is 52.0. The number of carbonyl (C=O) groups is 3. The number of phosphoric acid groups is 1. The minimum atomic E-state index is -4.76. The normalized spacial score (nSPS) is 14.1. The van der Waals surface area contributed by atoms with Crippen molar-refractivity contribution in [1.82, 2.24) is 0 Å². The predicted molar refractivity (Wildman–Crippen MR) is 288 cm³/mol. The summed E-state index contributed by atoms with van der Waals surface area (Å²) in [5, 5.41) is 9.79. The maximum Gasteiger partial charge on any atom is 0.472 e. The molecule has 0 heterocycles. The average Bonchev–Trinajstić information content (AvgIpc) is 3.35. The van der Waals surface area contributed by atoms with Gasteiger partial charge in [0.25, 0.3) is 0 Å². The molecule has 2 N–H and O–H groups in total. The number of ether oxygens (including phenoxy) is 3. The number of aliphatic hydroxyl groups is 1. The van der Waals surface area contributed by atoms with Gasteiger partial charge in [0, 0.05) is 19.3 Å². The van der Waals surface area contributed by atoms with Gasteiger partial charge in [0.05, 0.1) is 19.8 Å². The number of rotatable bonds is 50. The van der Waals surface area contributed by atoms with Gasteiger partial charge in [-0.3, -0.25) is 23.4 Å². The van der Waals surface area contributed by atoms with Crippen molar-refractivity contribution in [3.63, 3.8) is 0 Å². The molecule has 402 valence electrons. The average molecular weight is 1000 g/mol. The number of allylic oxidation sites excluding steroid dienone is 14. The summed E-state index contributed by atoms with van der Waals surface area (Å²) < 4.78 is 39.4. The maximum atomic E-state index is 12.9. The third-order valence-corrected chi connectivity index (χ3v) is 12.2. The Morgan fingerprint density at radius 3 is 1.21 bits per heavy atom. The molecule has 0 aliphatic carbocycles. The highest BCUT2D eigenvalue weighted by Crippen LogP contribution is 2.43. The van der Waals surface area contributed by atoms with E-state index in [1.807, 2.05) is 0 Å². The first kappa shape index (κ1) is 66.7. The molecule has 0 aliphatic heterocycles. The van der Waals surface area contributed by atoms with Crippen molar-refractivity contribution in [3.05, 3.63) is 85.1 Å². The predicted octanol–water partition coefficient (Wildman–Crippen LogP) is 15.9. The van der Waals surface area contributed by atoms with Gasteiger partial charge in [-0.1, -0.05) is 183 Å². The smallest absolute Gasteiger partial charge is 0.462 e. The van der Waals surface area contributed by atoms with Crippen LogP contribution >= 0.6 is 7.82 Å². The molecule has 0 bridgehead atoms. The molecule has 0 aromatic heterocycles. The Kier molecular flexibility index (Phi) is 49.5. The summed E-state index contributed by atoms with van der Waals surface area (Å²) >= 11 is 0. The zero-order valence-electron chi connectivity index (χ0n) is 44.2. The van der Waals surface area contributed by atoms with E-state index >= 15 is 0 Å². The van der Waals surface area contributed by atoms with Crippen LogP contribution < -0.4 is 0 Å². The van der Waals surface area contributed by atoms with E-state index in [0.29, 0.717) is 19.3 Å². The molecule has 0 spiro atoms. The Morgan fingerprint density at radius 1 is 0.414 bits per heavy atom. The van der Waals surface area contributed by atoms with Crippen LogP contribution in [0.3, 0.4) is 0 Å². The Hall–Kier alpha value is -3.34. The van der Waals surface area contributed by atoms with Gasteiger partial charge in [-0.25, -0.2) is 4.57 Å². The Labute approximate surface area is 426 Å². The molecule has 0 amide bonds. The molecule has 0 radical (unpaired) electrons. The summed E-state index contributed by atoms with van der Waals surface area (Å²) in [5.74, 6) is -1.53. The van der Waals surface area contributed by atoms with Crippen LogP contribution in [0.4, 0.5) is 0 Å². The lowest BCUT2D eigenvalue weighted by Gasteiger charge is -2.21. The molecule has 0 fully saturated rings. The van der Waals surface area contributed by atoms with Crippen molar-refractivity contribution in [3.8, 4) is 0 Å². The number of esters is 3. The molecule has 11 nitrogen and oxygen atoms in total. The molecule has 70 heavy (non-hydrogen) atoms. The number of phosphoric ester groups is 1. The van der Waals surface area contributed by atoms with Crippen LogP contribution in [-0.4, -0.2) is 66.5 Å². The first-order valence-electron chi connectivity index (χ1n) is 27.5. The summed E-state index contributed by atoms with van der Waals surface area (Å²) in [7, 11) is -4.76. The number of aliphatic hydroxyl groups excluding tert-OH is 1. The van der Waals surface area contributed by atoms with Gasteiger partial charge >= 0.3 is 25.7 Å². The van der Waals surface area contributed by atoms with Crippen molar-refractivity contribution in [1.29, 1.82) is 0 Å². The van der Waals surface area contributed by atoms with Gasteiger partial charge < -0.3 is 24.2 Å². The highest BCUT2D eigenvalue weighted by atomic mass is 31.2. The largest absolute Gasteiger partial charge is 0.472 e. The minimum absolute atomic E-state index is 0.123. The summed E-state index contributed by atoms with van der Waals surface area (Å²) in [6, 6.07) is 0. The molecule has 0 aromatic carbocycles. The second-order valence-corrected chi connectivity index (χ2v) is 19.5. The van der Waals surface area contributed by atoms with Crippen LogP contribution in [0.15, 0.2) is 85.1 Å². The highest BCUT2D eigenvalue weighted by molar-refractivity contribution is 7.47. The quantitative estimate of drug-likeness (QED) is 0.0197. The third-order valence-electron chi connectivity index (χ3n) is 11.3. The van der Waals surface area contributed by atoms with E-state index < -0.39 is 57.8 Å². The lowest BCUT2D eigenvalue weighted by molar-refractivity contribution is -0.161.